The summed E-state index contributed by atoms with van der Waals surface area (Å²) in [5, 5.41) is 12.5. The number of aromatic nitrogens is 2. The predicted octanol–water partition coefficient (Wildman–Crippen LogP) is 2.64. The van der Waals surface area contributed by atoms with Gasteiger partial charge in [0, 0.05) is 25.7 Å². The van der Waals surface area contributed by atoms with Crippen LogP contribution in [0.4, 0.5) is 0 Å². The fourth-order valence-electron chi connectivity index (χ4n) is 2.08. The van der Waals surface area contributed by atoms with Crippen LogP contribution in [0.25, 0.3) is 0 Å². The summed E-state index contributed by atoms with van der Waals surface area (Å²) < 4.78 is 1.87. The van der Waals surface area contributed by atoms with Gasteiger partial charge in [0.15, 0.2) is 0 Å². The van der Waals surface area contributed by atoms with Crippen LogP contribution < -0.4 is 5.32 Å². The zero-order valence-electron chi connectivity index (χ0n) is 11.1. The van der Waals surface area contributed by atoms with Crippen LogP contribution in [0.5, 0.6) is 0 Å². The summed E-state index contributed by atoms with van der Waals surface area (Å²) in [4.78, 5) is 0. The smallest absolute Gasteiger partial charge is 0.0640 e. The van der Waals surface area contributed by atoms with Gasteiger partial charge in [0.25, 0.3) is 0 Å². The highest BCUT2D eigenvalue weighted by Gasteiger charge is 2.11. The van der Waals surface area contributed by atoms with Crippen molar-refractivity contribution in [1.29, 1.82) is 0 Å². The molecule has 1 N–H and O–H groups in total. The molecular formula is C14H21N3S. The molecule has 3 nitrogen and oxygen atoms in total. The Hall–Kier alpha value is -1.13. The highest BCUT2D eigenvalue weighted by molar-refractivity contribution is 7.07. The standard InChI is InChI=1S/C14H21N3S/c1-3-6-15-14(9-12-5-8-18-11-12)10-13-4-7-17(2)16-13/h4-5,7-8,11,14-15H,3,6,9-10H2,1-2H3. The largest absolute Gasteiger partial charge is 0.313 e. The van der Waals surface area contributed by atoms with E-state index in [2.05, 4.69) is 40.2 Å². The van der Waals surface area contributed by atoms with E-state index in [1.807, 2.05) is 17.9 Å². The van der Waals surface area contributed by atoms with Gasteiger partial charge in [-0.3, -0.25) is 4.68 Å². The maximum absolute atomic E-state index is 4.47. The van der Waals surface area contributed by atoms with Crippen LogP contribution in [0.1, 0.15) is 24.6 Å². The van der Waals surface area contributed by atoms with Crippen molar-refractivity contribution in [3.8, 4) is 0 Å². The number of nitrogens with one attached hydrogen (secondary N) is 1. The maximum Gasteiger partial charge on any atom is 0.0640 e. The van der Waals surface area contributed by atoms with Crippen molar-refractivity contribution in [2.24, 2.45) is 7.05 Å². The van der Waals surface area contributed by atoms with Gasteiger partial charge in [0.1, 0.15) is 0 Å². The second-order valence-corrected chi connectivity index (χ2v) is 5.45. The fraction of sp³-hybridized carbons (Fsp3) is 0.500. The molecule has 0 aromatic carbocycles. The third kappa shape index (κ3) is 3.96. The van der Waals surface area contributed by atoms with Crippen molar-refractivity contribution in [2.45, 2.75) is 32.2 Å². The van der Waals surface area contributed by atoms with Gasteiger partial charge < -0.3 is 5.32 Å². The van der Waals surface area contributed by atoms with Crippen LogP contribution in [0.2, 0.25) is 0 Å². The Morgan fingerprint density at radius 1 is 1.39 bits per heavy atom. The Morgan fingerprint density at radius 2 is 2.28 bits per heavy atom. The van der Waals surface area contributed by atoms with Gasteiger partial charge in [-0.2, -0.15) is 16.4 Å². The van der Waals surface area contributed by atoms with E-state index in [1.165, 1.54) is 17.7 Å². The average molecular weight is 263 g/mol. The van der Waals surface area contributed by atoms with Crippen molar-refractivity contribution < 1.29 is 0 Å². The van der Waals surface area contributed by atoms with Crippen LogP contribution in [0, 0.1) is 0 Å². The molecule has 2 rings (SSSR count). The minimum Gasteiger partial charge on any atom is -0.313 e. The number of nitrogens with zero attached hydrogens (tertiary/aromatic N) is 2. The zero-order valence-corrected chi connectivity index (χ0v) is 11.9. The van der Waals surface area contributed by atoms with Gasteiger partial charge >= 0.3 is 0 Å². The van der Waals surface area contributed by atoms with Crippen molar-refractivity contribution in [2.75, 3.05) is 6.54 Å². The first kappa shape index (κ1) is 13.3. The summed E-state index contributed by atoms with van der Waals surface area (Å²) in [5.74, 6) is 0. The lowest BCUT2D eigenvalue weighted by Gasteiger charge is -2.16. The fourth-order valence-corrected chi connectivity index (χ4v) is 2.76. The molecule has 18 heavy (non-hydrogen) atoms. The third-order valence-electron chi connectivity index (χ3n) is 2.97. The molecule has 98 valence electrons. The van der Waals surface area contributed by atoms with Gasteiger partial charge in [-0.05, 0) is 47.8 Å². The minimum atomic E-state index is 0.481. The predicted molar refractivity (Wildman–Crippen MR) is 77.0 cm³/mol. The SMILES string of the molecule is CCCNC(Cc1ccsc1)Cc1ccn(C)n1. The molecule has 2 aromatic rings. The quantitative estimate of drug-likeness (QED) is 0.832. The van der Waals surface area contributed by atoms with E-state index in [9.17, 15) is 0 Å². The highest BCUT2D eigenvalue weighted by atomic mass is 32.1. The lowest BCUT2D eigenvalue weighted by molar-refractivity contribution is 0.498. The van der Waals surface area contributed by atoms with Crippen LogP contribution >= 0.6 is 11.3 Å². The summed E-state index contributed by atoms with van der Waals surface area (Å²) in [6.45, 7) is 3.27. The molecule has 1 atom stereocenters. The van der Waals surface area contributed by atoms with Gasteiger partial charge in [0.2, 0.25) is 0 Å². The van der Waals surface area contributed by atoms with Crippen LogP contribution in [0.3, 0.4) is 0 Å². The van der Waals surface area contributed by atoms with E-state index >= 15 is 0 Å². The number of rotatable bonds is 7. The number of hydrogen-bond acceptors (Lipinski definition) is 3. The van der Waals surface area contributed by atoms with Crippen LogP contribution in [0.15, 0.2) is 29.1 Å². The van der Waals surface area contributed by atoms with Gasteiger partial charge in [-0.15, -0.1) is 0 Å². The van der Waals surface area contributed by atoms with Crippen LogP contribution in [-0.2, 0) is 19.9 Å². The summed E-state index contributed by atoms with van der Waals surface area (Å²) in [6, 6.07) is 4.80. The molecule has 2 aromatic heterocycles. The second kappa shape index (κ2) is 6.71. The van der Waals surface area contributed by atoms with E-state index in [0.717, 1.165) is 19.4 Å². The molecule has 0 amide bonds. The average Bonchev–Trinajstić information content (AvgIpc) is 2.98. The van der Waals surface area contributed by atoms with Crippen molar-refractivity contribution in [3.63, 3.8) is 0 Å². The molecule has 0 saturated heterocycles. The van der Waals surface area contributed by atoms with E-state index in [4.69, 9.17) is 0 Å². The second-order valence-electron chi connectivity index (χ2n) is 4.67. The Morgan fingerprint density at radius 3 is 2.89 bits per heavy atom. The van der Waals surface area contributed by atoms with Gasteiger partial charge in [-0.25, -0.2) is 0 Å². The van der Waals surface area contributed by atoms with Crippen molar-refractivity contribution in [1.82, 2.24) is 15.1 Å². The molecule has 0 aliphatic rings. The Kier molecular flexibility index (Phi) is 4.96. The molecule has 1 unspecified atom stereocenters. The molecule has 0 fully saturated rings. The Labute approximate surface area is 113 Å². The molecule has 0 aliphatic carbocycles. The first-order valence-electron chi connectivity index (χ1n) is 6.51. The van der Waals surface area contributed by atoms with Gasteiger partial charge in [-0.1, -0.05) is 6.92 Å². The Bertz CT molecular complexity index is 447. The number of aryl methyl sites for hydroxylation is 1. The van der Waals surface area contributed by atoms with E-state index in [0.29, 0.717) is 6.04 Å². The van der Waals surface area contributed by atoms with E-state index in [-0.39, 0.29) is 0 Å². The molecule has 0 radical (unpaired) electrons. The zero-order chi connectivity index (χ0) is 12.8. The highest BCUT2D eigenvalue weighted by Crippen LogP contribution is 2.11. The Balaban J connectivity index is 1.95. The monoisotopic (exact) mass is 263 g/mol. The third-order valence-corrected chi connectivity index (χ3v) is 3.70. The van der Waals surface area contributed by atoms with Gasteiger partial charge in [0.05, 0.1) is 5.69 Å². The summed E-state index contributed by atoms with van der Waals surface area (Å²) in [5.41, 5.74) is 2.59. The normalized spacial score (nSPS) is 12.8. The minimum absolute atomic E-state index is 0.481. The molecule has 0 saturated carbocycles. The van der Waals surface area contributed by atoms with E-state index < -0.39 is 0 Å². The molecule has 0 spiro atoms. The van der Waals surface area contributed by atoms with E-state index in [1.54, 1.807) is 11.3 Å². The topological polar surface area (TPSA) is 29.9 Å². The lowest BCUT2D eigenvalue weighted by Crippen LogP contribution is -2.33. The summed E-state index contributed by atoms with van der Waals surface area (Å²) >= 11 is 1.77. The molecule has 4 heteroatoms. The van der Waals surface area contributed by atoms with Crippen LogP contribution in [-0.4, -0.2) is 22.4 Å². The summed E-state index contributed by atoms with van der Waals surface area (Å²) in [6.07, 6.45) is 5.26. The lowest BCUT2D eigenvalue weighted by atomic mass is 10.0. The van der Waals surface area contributed by atoms with Crippen molar-refractivity contribution >= 4 is 11.3 Å². The van der Waals surface area contributed by atoms with Crippen molar-refractivity contribution in [3.05, 3.63) is 40.3 Å². The first-order valence-corrected chi connectivity index (χ1v) is 7.45. The molecular weight excluding hydrogens is 242 g/mol. The number of thiophene rings is 1. The molecule has 2 heterocycles. The summed E-state index contributed by atoms with van der Waals surface area (Å²) in [7, 11) is 1.97. The molecule has 0 bridgehead atoms. The molecule has 0 aliphatic heterocycles. The first-order chi connectivity index (χ1) is 8.78. The maximum atomic E-state index is 4.47. The number of hydrogen-bond donors (Lipinski definition) is 1.